The summed E-state index contributed by atoms with van der Waals surface area (Å²) in [5.74, 6) is 1.65. The third-order valence-corrected chi connectivity index (χ3v) is 2.21. The van der Waals surface area contributed by atoms with Crippen molar-refractivity contribution >= 4 is 11.1 Å². The van der Waals surface area contributed by atoms with Crippen LogP contribution in [0.15, 0.2) is 33.1 Å². The van der Waals surface area contributed by atoms with Crippen LogP contribution in [-0.4, -0.2) is 15.2 Å². The summed E-state index contributed by atoms with van der Waals surface area (Å²) in [5.41, 5.74) is 1.61. The zero-order chi connectivity index (χ0) is 11.0. The maximum Gasteiger partial charge on any atom is 0.225 e. The highest BCUT2D eigenvalue weighted by Crippen LogP contribution is 2.16. The molecule has 0 fully saturated rings. The first kappa shape index (κ1) is 9.08. The van der Waals surface area contributed by atoms with Crippen LogP contribution in [0, 0.1) is 6.92 Å². The van der Waals surface area contributed by atoms with Gasteiger partial charge in [0.25, 0.3) is 0 Å². The van der Waals surface area contributed by atoms with E-state index in [1.165, 1.54) is 0 Å². The van der Waals surface area contributed by atoms with Crippen LogP contribution in [0.4, 0.5) is 0 Å². The van der Waals surface area contributed by atoms with E-state index in [-0.39, 0.29) is 0 Å². The number of nitrogens with zero attached hydrogens (tertiary/aromatic N) is 3. The number of hydrogen-bond acceptors (Lipinski definition) is 5. The monoisotopic (exact) mass is 215 g/mol. The van der Waals surface area contributed by atoms with Crippen molar-refractivity contribution in [2.45, 2.75) is 13.3 Å². The molecule has 1 aromatic carbocycles. The summed E-state index contributed by atoms with van der Waals surface area (Å²) in [6.45, 7) is 1.75. The summed E-state index contributed by atoms with van der Waals surface area (Å²) < 4.78 is 10.8. The van der Waals surface area contributed by atoms with Crippen molar-refractivity contribution in [2.75, 3.05) is 0 Å². The van der Waals surface area contributed by atoms with Gasteiger partial charge in [0.1, 0.15) is 11.9 Å². The predicted molar refractivity (Wildman–Crippen MR) is 55.9 cm³/mol. The molecule has 5 nitrogen and oxygen atoms in total. The molecule has 16 heavy (non-hydrogen) atoms. The molecule has 5 heteroatoms. The number of rotatable bonds is 2. The van der Waals surface area contributed by atoms with E-state index < -0.39 is 0 Å². The van der Waals surface area contributed by atoms with Crippen molar-refractivity contribution in [1.29, 1.82) is 0 Å². The van der Waals surface area contributed by atoms with Gasteiger partial charge in [0.2, 0.25) is 17.7 Å². The predicted octanol–water partition coefficient (Wildman–Crippen LogP) is 2.11. The van der Waals surface area contributed by atoms with Crippen LogP contribution in [0.1, 0.15) is 17.7 Å². The van der Waals surface area contributed by atoms with E-state index in [9.17, 15) is 0 Å². The highest BCUT2D eigenvalue weighted by Gasteiger charge is 2.09. The van der Waals surface area contributed by atoms with E-state index in [1.807, 2.05) is 24.3 Å². The number of aryl methyl sites for hydroxylation is 1. The molecule has 0 N–H and O–H groups in total. The normalized spacial score (nSPS) is 11.1. The Hall–Kier alpha value is -2.17. The Bertz CT molecular complexity index is 594. The molecule has 0 atom stereocenters. The van der Waals surface area contributed by atoms with Gasteiger partial charge in [0.15, 0.2) is 5.58 Å². The fraction of sp³-hybridized carbons (Fsp3) is 0.182. The standard InChI is InChI=1S/C11H9N3O2/c1-7-13-14-11(15-7)6-10-12-8-4-2-3-5-9(8)16-10/h2-5H,6H2,1H3. The smallest absolute Gasteiger partial charge is 0.225 e. The summed E-state index contributed by atoms with van der Waals surface area (Å²) >= 11 is 0. The minimum Gasteiger partial charge on any atom is -0.440 e. The Kier molecular flexibility index (Phi) is 1.96. The molecular formula is C11H9N3O2. The van der Waals surface area contributed by atoms with Gasteiger partial charge in [0, 0.05) is 6.92 Å². The maximum absolute atomic E-state index is 5.54. The van der Waals surface area contributed by atoms with Crippen LogP contribution >= 0.6 is 0 Å². The summed E-state index contributed by atoms with van der Waals surface area (Å²) in [6, 6.07) is 7.62. The van der Waals surface area contributed by atoms with Crippen molar-refractivity contribution < 1.29 is 8.83 Å². The largest absolute Gasteiger partial charge is 0.440 e. The minimum atomic E-state index is 0.426. The number of hydrogen-bond donors (Lipinski definition) is 0. The van der Waals surface area contributed by atoms with Gasteiger partial charge in [-0.25, -0.2) is 4.98 Å². The van der Waals surface area contributed by atoms with E-state index in [0.717, 1.165) is 11.1 Å². The molecular weight excluding hydrogens is 206 g/mol. The average molecular weight is 215 g/mol. The second-order valence-corrected chi connectivity index (χ2v) is 3.47. The first-order chi connectivity index (χ1) is 7.81. The van der Waals surface area contributed by atoms with E-state index in [2.05, 4.69) is 15.2 Å². The Morgan fingerprint density at radius 2 is 1.94 bits per heavy atom. The van der Waals surface area contributed by atoms with Crippen LogP contribution in [0.5, 0.6) is 0 Å². The molecule has 80 valence electrons. The molecule has 0 aliphatic heterocycles. The van der Waals surface area contributed by atoms with Crippen molar-refractivity contribution in [3.05, 3.63) is 41.9 Å². The molecule has 0 amide bonds. The molecule has 3 rings (SSSR count). The van der Waals surface area contributed by atoms with E-state index in [0.29, 0.717) is 24.1 Å². The zero-order valence-corrected chi connectivity index (χ0v) is 8.67. The van der Waals surface area contributed by atoms with Crippen molar-refractivity contribution in [3.8, 4) is 0 Å². The first-order valence-corrected chi connectivity index (χ1v) is 4.95. The van der Waals surface area contributed by atoms with E-state index >= 15 is 0 Å². The van der Waals surface area contributed by atoms with Crippen molar-refractivity contribution in [3.63, 3.8) is 0 Å². The highest BCUT2D eigenvalue weighted by molar-refractivity contribution is 5.72. The van der Waals surface area contributed by atoms with Gasteiger partial charge in [-0.3, -0.25) is 0 Å². The summed E-state index contributed by atoms with van der Waals surface area (Å²) in [7, 11) is 0. The van der Waals surface area contributed by atoms with Gasteiger partial charge < -0.3 is 8.83 Å². The summed E-state index contributed by atoms with van der Waals surface area (Å²) in [6.07, 6.45) is 0.426. The highest BCUT2D eigenvalue weighted by atomic mass is 16.4. The average Bonchev–Trinajstić information content (AvgIpc) is 2.84. The zero-order valence-electron chi connectivity index (χ0n) is 8.67. The molecule has 3 aromatic rings. The third kappa shape index (κ3) is 1.56. The number of oxazole rings is 1. The number of para-hydroxylation sites is 2. The van der Waals surface area contributed by atoms with Gasteiger partial charge in [-0.1, -0.05) is 12.1 Å². The molecule has 0 saturated heterocycles. The fourth-order valence-electron chi connectivity index (χ4n) is 1.53. The molecule has 0 unspecified atom stereocenters. The van der Waals surface area contributed by atoms with E-state index in [4.69, 9.17) is 8.83 Å². The third-order valence-electron chi connectivity index (χ3n) is 2.21. The molecule has 0 saturated carbocycles. The summed E-state index contributed by atoms with van der Waals surface area (Å²) in [5, 5.41) is 7.65. The van der Waals surface area contributed by atoms with Crippen LogP contribution in [0.3, 0.4) is 0 Å². The SMILES string of the molecule is Cc1nnc(Cc2nc3ccccc3o2)o1. The number of fused-ring (bicyclic) bond motifs is 1. The Labute approximate surface area is 91.1 Å². The molecule has 0 aliphatic rings. The molecule has 0 aliphatic carbocycles. The molecule has 0 bridgehead atoms. The quantitative estimate of drug-likeness (QED) is 0.655. The molecule has 2 aromatic heterocycles. The van der Waals surface area contributed by atoms with E-state index in [1.54, 1.807) is 6.92 Å². The van der Waals surface area contributed by atoms with Crippen molar-refractivity contribution in [2.24, 2.45) is 0 Å². The van der Waals surface area contributed by atoms with Crippen LogP contribution in [-0.2, 0) is 6.42 Å². The van der Waals surface area contributed by atoms with Gasteiger partial charge in [-0.2, -0.15) is 0 Å². The maximum atomic E-state index is 5.54. The Morgan fingerprint density at radius 3 is 2.69 bits per heavy atom. The second kappa shape index (κ2) is 3.44. The Morgan fingerprint density at radius 1 is 1.06 bits per heavy atom. The lowest BCUT2D eigenvalue weighted by molar-refractivity contribution is 0.451. The minimum absolute atomic E-state index is 0.426. The summed E-state index contributed by atoms with van der Waals surface area (Å²) in [4.78, 5) is 4.32. The van der Waals surface area contributed by atoms with Crippen LogP contribution in [0.2, 0.25) is 0 Å². The van der Waals surface area contributed by atoms with Gasteiger partial charge >= 0.3 is 0 Å². The van der Waals surface area contributed by atoms with Gasteiger partial charge in [0.05, 0.1) is 0 Å². The van der Waals surface area contributed by atoms with Gasteiger partial charge in [-0.05, 0) is 12.1 Å². The van der Waals surface area contributed by atoms with Crippen LogP contribution < -0.4 is 0 Å². The second-order valence-electron chi connectivity index (χ2n) is 3.47. The number of benzene rings is 1. The molecule has 2 heterocycles. The van der Waals surface area contributed by atoms with Gasteiger partial charge in [-0.15, -0.1) is 10.2 Å². The molecule has 0 spiro atoms. The number of aromatic nitrogens is 3. The first-order valence-electron chi connectivity index (χ1n) is 4.95. The lowest BCUT2D eigenvalue weighted by Crippen LogP contribution is -1.87. The fourth-order valence-corrected chi connectivity index (χ4v) is 1.53. The Balaban J connectivity index is 1.95. The lowest BCUT2D eigenvalue weighted by Gasteiger charge is -1.86. The molecule has 0 radical (unpaired) electrons. The topological polar surface area (TPSA) is 65.0 Å². The van der Waals surface area contributed by atoms with Crippen LogP contribution in [0.25, 0.3) is 11.1 Å². The lowest BCUT2D eigenvalue weighted by atomic mass is 10.3. The van der Waals surface area contributed by atoms with Crippen molar-refractivity contribution in [1.82, 2.24) is 15.2 Å².